The highest BCUT2D eigenvalue weighted by Gasteiger charge is 2.18. The fraction of sp³-hybridized carbons (Fsp3) is 0. The lowest BCUT2D eigenvalue weighted by Gasteiger charge is -2.11. The van der Waals surface area contributed by atoms with Gasteiger partial charge in [-0.3, -0.25) is 9.59 Å². The number of carbonyl (C=O) groups is 3. The lowest BCUT2D eigenvalue weighted by Crippen LogP contribution is -2.18. The van der Waals surface area contributed by atoms with Gasteiger partial charge in [0.15, 0.2) is 5.75 Å². The Morgan fingerprint density at radius 2 is 1.44 bits per heavy atom. The molecular formula is C28H15Br2Cl4N3O4. The molecule has 0 aliphatic carbocycles. The van der Waals surface area contributed by atoms with Crippen LogP contribution in [0.1, 0.15) is 36.6 Å². The minimum absolute atomic E-state index is 0.118. The van der Waals surface area contributed by atoms with Gasteiger partial charge >= 0.3 is 5.97 Å². The Bertz CT molecular complexity index is 1720. The summed E-state index contributed by atoms with van der Waals surface area (Å²) in [5, 5.41) is 7.80. The summed E-state index contributed by atoms with van der Waals surface area (Å²) in [5.74, 6) is -1.59. The highest BCUT2D eigenvalue weighted by Crippen LogP contribution is 2.33. The van der Waals surface area contributed by atoms with E-state index in [1.165, 1.54) is 42.6 Å². The zero-order valence-electron chi connectivity index (χ0n) is 20.4. The number of carbonyl (C=O) groups excluding carboxylic acids is 3. The molecule has 0 saturated heterocycles. The van der Waals surface area contributed by atoms with Gasteiger partial charge in [-0.25, -0.2) is 10.2 Å². The zero-order valence-corrected chi connectivity index (χ0v) is 26.5. The lowest BCUT2D eigenvalue weighted by atomic mass is 10.1. The second-order valence-electron chi connectivity index (χ2n) is 8.18. The molecule has 0 aliphatic heterocycles. The van der Waals surface area contributed by atoms with Gasteiger partial charge in [-0.1, -0.05) is 68.4 Å². The van der Waals surface area contributed by atoms with E-state index in [9.17, 15) is 14.4 Å². The molecule has 0 aromatic heterocycles. The van der Waals surface area contributed by atoms with Crippen molar-refractivity contribution in [3.05, 3.63) is 124 Å². The third kappa shape index (κ3) is 8.09. The molecule has 0 atom stereocenters. The van der Waals surface area contributed by atoms with Crippen molar-refractivity contribution in [1.82, 2.24) is 5.43 Å². The first-order valence-electron chi connectivity index (χ1n) is 11.4. The van der Waals surface area contributed by atoms with Crippen molar-refractivity contribution in [2.45, 2.75) is 0 Å². The Morgan fingerprint density at radius 3 is 2.10 bits per heavy atom. The number of esters is 1. The van der Waals surface area contributed by atoms with Gasteiger partial charge in [-0.15, -0.1) is 0 Å². The molecule has 7 nitrogen and oxygen atoms in total. The van der Waals surface area contributed by atoms with E-state index in [0.717, 1.165) is 0 Å². The molecule has 0 bridgehead atoms. The van der Waals surface area contributed by atoms with Crippen molar-refractivity contribution >= 4 is 108 Å². The number of rotatable bonds is 7. The van der Waals surface area contributed by atoms with Gasteiger partial charge in [0.05, 0.1) is 31.9 Å². The van der Waals surface area contributed by atoms with Gasteiger partial charge < -0.3 is 10.1 Å². The molecule has 0 unspecified atom stereocenters. The molecule has 0 heterocycles. The first-order chi connectivity index (χ1) is 19.5. The maximum Gasteiger partial charge on any atom is 0.345 e. The first kappa shape index (κ1) is 31.0. The second-order valence-corrected chi connectivity index (χ2v) is 11.6. The van der Waals surface area contributed by atoms with Crippen LogP contribution in [0.2, 0.25) is 20.1 Å². The van der Waals surface area contributed by atoms with Crippen LogP contribution in [0, 0.1) is 0 Å². The molecular weight excluding hydrogens is 744 g/mol. The van der Waals surface area contributed by atoms with Crippen LogP contribution >= 0.6 is 78.3 Å². The number of nitrogens with zero attached hydrogens (tertiary/aromatic N) is 1. The van der Waals surface area contributed by atoms with Crippen LogP contribution in [-0.4, -0.2) is 24.0 Å². The fourth-order valence-corrected chi connectivity index (χ4v) is 5.74. The summed E-state index contributed by atoms with van der Waals surface area (Å²) in [5.41, 5.74) is 3.72. The van der Waals surface area contributed by atoms with Crippen molar-refractivity contribution in [3.8, 4) is 5.75 Å². The van der Waals surface area contributed by atoms with E-state index >= 15 is 0 Å². The number of ether oxygens (including phenoxy) is 1. The van der Waals surface area contributed by atoms with Gasteiger partial charge in [0.1, 0.15) is 0 Å². The summed E-state index contributed by atoms with van der Waals surface area (Å²) < 4.78 is 6.69. The molecule has 0 aliphatic rings. The van der Waals surface area contributed by atoms with Crippen LogP contribution in [0.4, 0.5) is 5.69 Å². The van der Waals surface area contributed by atoms with Crippen LogP contribution in [-0.2, 0) is 0 Å². The molecule has 4 aromatic carbocycles. The fourth-order valence-electron chi connectivity index (χ4n) is 3.42. The topological polar surface area (TPSA) is 96.9 Å². The average molecular weight is 759 g/mol. The van der Waals surface area contributed by atoms with Crippen molar-refractivity contribution in [2.75, 3.05) is 5.32 Å². The van der Waals surface area contributed by atoms with Crippen LogP contribution in [0.15, 0.2) is 86.8 Å². The maximum absolute atomic E-state index is 12.8. The molecule has 208 valence electrons. The first-order valence-corrected chi connectivity index (χ1v) is 14.5. The Labute approximate surface area is 271 Å². The van der Waals surface area contributed by atoms with E-state index in [1.807, 2.05) is 0 Å². The minimum Gasteiger partial charge on any atom is -0.421 e. The van der Waals surface area contributed by atoms with Gasteiger partial charge in [-0.2, -0.15) is 5.10 Å². The molecule has 0 saturated carbocycles. The number of hydrogen-bond donors (Lipinski definition) is 2. The predicted octanol–water partition coefficient (Wildman–Crippen LogP) is 9.06. The van der Waals surface area contributed by atoms with Crippen LogP contribution < -0.4 is 15.5 Å². The second kappa shape index (κ2) is 13.8. The number of nitrogens with one attached hydrogen (secondary N) is 2. The number of benzene rings is 4. The molecule has 2 amide bonds. The molecule has 13 heteroatoms. The van der Waals surface area contributed by atoms with Crippen molar-refractivity contribution in [1.29, 1.82) is 0 Å². The molecule has 0 fully saturated rings. The monoisotopic (exact) mass is 755 g/mol. The van der Waals surface area contributed by atoms with Crippen LogP contribution in [0.25, 0.3) is 0 Å². The number of hydrogen-bond acceptors (Lipinski definition) is 5. The Morgan fingerprint density at radius 1 is 0.780 bits per heavy atom. The minimum atomic E-state index is -0.716. The van der Waals surface area contributed by atoms with E-state index in [-0.39, 0.29) is 32.5 Å². The molecule has 41 heavy (non-hydrogen) atoms. The van der Waals surface area contributed by atoms with E-state index < -0.39 is 17.8 Å². The van der Waals surface area contributed by atoms with Crippen molar-refractivity contribution in [3.63, 3.8) is 0 Å². The summed E-state index contributed by atoms with van der Waals surface area (Å²) in [6.07, 6.45) is 1.31. The summed E-state index contributed by atoms with van der Waals surface area (Å²) >= 11 is 30.8. The van der Waals surface area contributed by atoms with Gasteiger partial charge in [-0.05, 0) is 82.7 Å². The summed E-state index contributed by atoms with van der Waals surface area (Å²) in [7, 11) is 0. The number of halogens is 6. The van der Waals surface area contributed by atoms with Crippen LogP contribution in [0.3, 0.4) is 0 Å². The third-order valence-electron chi connectivity index (χ3n) is 5.31. The van der Waals surface area contributed by atoms with Gasteiger partial charge in [0, 0.05) is 31.3 Å². The van der Waals surface area contributed by atoms with E-state index in [2.05, 4.69) is 47.7 Å². The van der Waals surface area contributed by atoms with E-state index in [0.29, 0.717) is 30.2 Å². The highest BCUT2D eigenvalue weighted by atomic mass is 79.9. The molecule has 0 spiro atoms. The third-order valence-corrected chi connectivity index (χ3v) is 7.45. The molecule has 4 rings (SSSR count). The number of hydrazone groups is 1. The normalized spacial score (nSPS) is 10.9. The van der Waals surface area contributed by atoms with Crippen molar-refractivity contribution in [2.24, 2.45) is 5.10 Å². The van der Waals surface area contributed by atoms with Gasteiger partial charge in [0.2, 0.25) is 0 Å². The average Bonchev–Trinajstić information content (AvgIpc) is 2.90. The summed E-state index contributed by atoms with van der Waals surface area (Å²) in [4.78, 5) is 38.2. The van der Waals surface area contributed by atoms with Gasteiger partial charge in [0.25, 0.3) is 11.8 Å². The zero-order chi connectivity index (χ0) is 29.7. The number of amides is 2. The highest BCUT2D eigenvalue weighted by molar-refractivity contribution is 9.11. The SMILES string of the molecule is O=C(NN=Cc1cc(Br)cc(Br)c1OC(=O)c1ccc(Cl)cc1Cl)c1cccc(NC(=O)c2ccc(Cl)cc2Cl)c1. The number of anilines is 1. The van der Waals surface area contributed by atoms with Crippen molar-refractivity contribution < 1.29 is 19.1 Å². The Kier molecular flexibility index (Phi) is 10.5. The molecule has 0 radical (unpaired) electrons. The lowest BCUT2D eigenvalue weighted by molar-refractivity contribution is 0.0732. The maximum atomic E-state index is 12.8. The Balaban J connectivity index is 1.48. The van der Waals surface area contributed by atoms with E-state index in [4.69, 9.17) is 51.1 Å². The van der Waals surface area contributed by atoms with Crippen LogP contribution in [0.5, 0.6) is 5.75 Å². The summed E-state index contributed by atoms with van der Waals surface area (Å²) in [6, 6.07) is 18.5. The van der Waals surface area contributed by atoms with E-state index in [1.54, 1.807) is 36.4 Å². The Hall–Kier alpha value is -2.92. The largest absolute Gasteiger partial charge is 0.421 e. The standard InChI is InChI=1S/C28H15Br2Cl4N3O4/c29-16-8-15(25(22(30)10-16)41-28(40)21-7-5-18(32)12-24(21)34)13-35-37-26(38)14-2-1-3-19(9-14)36-27(39)20-6-4-17(31)11-23(20)33/h1-13H,(H,36,39)(H,37,38). The predicted molar refractivity (Wildman–Crippen MR) is 169 cm³/mol. The molecule has 4 aromatic rings. The smallest absolute Gasteiger partial charge is 0.345 e. The summed E-state index contributed by atoms with van der Waals surface area (Å²) in [6.45, 7) is 0. The quantitative estimate of drug-likeness (QED) is 0.0851. The molecule has 2 N–H and O–H groups in total.